The summed E-state index contributed by atoms with van der Waals surface area (Å²) in [4.78, 5) is 22.7. The Kier molecular flexibility index (Phi) is 40.1. The number of pyridine rings is 1. The summed E-state index contributed by atoms with van der Waals surface area (Å²) >= 11 is 0. The molecule has 13 heteroatoms. The number of anilines is 1. The molecule has 0 fully saturated rings. The first-order valence-corrected chi connectivity index (χ1v) is 38.1. The number of aryl methyl sites for hydroxylation is 1. The Morgan fingerprint density at radius 3 is 1.42 bits per heavy atom. The number of rotatable bonds is 55. The number of nitrogens with one attached hydrogen (secondary N) is 4. The maximum absolute atomic E-state index is 14.3. The van der Waals surface area contributed by atoms with Gasteiger partial charge in [0, 0.05) is 30.5 Å². The summed E-state index contributed by atoms with van der Waals surface area (Å²) in [7, 11) is -3.19. The lowest BCUT2D eigenvalue weighted by atomic mass is 9.91. The Balaban J connectivity index is 1.05. The summed E-state index contributed by atoms with van der Waals surface area (Å²) in [6, 6.07) is 16.0. The molecule has 2 heterocycles. The van der Waals surface area contributed by atoms with Crippen molar-refractivity contribution < 1.29 is 18.4 Å². The number of carbonyl (C=O) groups excluding carboxylic acids is 1. The van der Waals surface area contributed by atoms with Crippen LogP contribution < -0.4 is 27.0 Å². The number of aromatic nitrogens is 3. The van der Waals surface area contributed by atoms with Gasteiger partial charge in [-0.2, -0.15) is 0 Å². The number of imidazole rings is 1. The number of hydrogen-bond donors (Lipinski definition) is 5. The van der Waals surface area contributed by atoms with E-state index in [0.29, 0.717) is 55.7 Å². The van der Waals surface area contributed by atoms with E-state index in [0.717, 1.165) is 172 Å². The molecular formula is C75H133N8O4P. The number of carbonyl (C=O) groups is 1. The Labute approximate surface area is 539 Å². The molecule has 502 valence electrons. The number of fused-ring (bicyclic) bond motifs is 3. The highest BCUT2D eigenvalue weighted by Crippen LogP contribution is 2.49. The van der Waals surface area contributed by atoms with Crippen LogP contribution in [0, 0.1) is 47.3 Å². The third-order valence-corrected chi connectivity index (χ3v) is 20.6. The van der Waals surface area contributed by atoms with Crippen LogP contribution in [0.3, 0.4) is 0 Å². The van der Waals surface area contributed by atoms with E-state index < -0.39 is 7.60 Å². The zero-order valence-electron chi connectivity index (χ0n) is 58.3. The van der Waals surface area contributed by atoms with Crippen molar-refractivity contribution in [2.75, 3.05) is 70.9 Å². The fraction of sp³-hybridized carbons (Fsp3) is 0.773. The largest absolute Gasteiger partial charge is 0.382 e. The van der Waals surface area contributed by atoms with E-state index in [2.05, 4.69) is 113 Å². The zero-order valence-corrected chi connectivity index (χ0v) is 59.2. The van der Waals surface area contributed by atoms with Gasteiger partial charge in [-0.25, -0.2) is 9.97 Å². The molecule has 2 aromatic carbocycles. The lowest BCUT2D eigenvalue weighted by Crippen LogP contribution is -2.28. The third kappa shape index (κ3) is 33.3. The van der Waals surface area contributed by atoms with E-state index in [9.17, 15) is 9.36 Å². The van der Waals surface area contributed by atoms with E-state index >= 15 is 0 Å². The van der Waals surface area contributed by atoms with E-state index in [1.165, 1.54) is 116 Å². The summed E-state index contributed by atoms with van der Waals surface area (Å²) in [6.07, 6.45) is 34.2. The SMILES string of the molecule is CCCCc1nc2c(N)nc3ccccc3c2n1Cc1ccc(C(=O)NCCCNCCCCNCCCNCCCP(=O)(OCCC(C)CCCC(C)CCCC(C)CCCC(C)C)OCCC(C)CCCC(C)CCCC(C)CCCC(C)C)cc1. The van der Waals surface area contributed by atoms with Crippen molar-refractivity contribution in [1.29, 1.82) is 0 Å². The van der Waals surface area contributed by atoms with Gasteiger partial charge in [-0.3, -0.25) is 9.36 Å². The van der Waals surface area contributed by atoms with Crippen LogP contribution in [0.5, 0.6) is 0 Å². The second-order valence-electron chi connectivity index (χ2n) is 28.5. The monoisotopic (exact) mass is 1240 g/mol. The Bertz CT molecular complexity index is 2410. The van der Waals surface area contributed by atoms with Crippen LogP contribution in [0.15, 0.2) is 48.5 Å². The molecule has 12 nitrogen and oxygen atoms in total. The average molecular weight is 1240 g/mol. The van der Waals surface area contributed by atoms with Crippen molar-refractivity contribution >= 4 is 41.3 Å². The predicted octanol–water partition coefficient (Wildman–Crippen LogP) is 19.2. The molecule has 4 rings (SSSR count). The van der Waals surface area contributed by atoms with E-state index in [1.807, 2.05) is 42.5 Å². The first-order chi connectivity index (χ1) is 42.5. The fourth-order valence-electron chi connectivity index (χ4n) is 12.5. The minimum Gasteiger partial charge on any atom is -0.382 e. The summed E-state index contributed by atoms with van der Waals surface area (Å²) in [5, 5.41) is 14.9. The van der Waals surface area contributed by atoms with Crippen LogP contribution in [0.25, 0.3) is 21.9 Å². The van der Waals surface area contributed by atoms with E-state index in [1.54, 1.807) is 0 Å². The van der Waals surface area contributed by atoms with Gasteiger partial charge < -0.3 is 40.6 Å². The summed E-state index contributed by atoms with van der Waals surface area (Å²) in [5.41, 5.74) is 10.8. The summed E-state index contributed by atoms with van der Waals surface area (Å²) in [5.74, 6) is 7.46. The zero-order chi connectivity index (χ0) is 63.8. The van der Waals surface area contributed by atoms with Gasteiger partial charge in [0.2, 0.25) is 0 Å². The van der Waals surface area contributed by atoms with Crippen LogP contribution >= 0.6 is 7.60 Å². The highest BCUT2D eigenvalue weighted by atomic mass is 31.2. The number of amides is 1. The molecule has 6 atom stereocenters. The highest BCUT2D eigenvalue weighted by molar-refractivity contribution is 7.53. The number of nitrogens with zero attached hydrogens (tertiary/aromatic N) is 3. The predicted molar refractivity (Wildman–Crippen MR) is 379 cm³/mol. The van der Waals surface area contributed by atoms with Gasteiger partial charge in [0.25, 0.3) is 5.91 Å². The maximum atomic E-state index is 14.3. The Morgan fingerprint density at radius 2 is 0.943 bits per heavy atom. The topological polar surface area (TPSA) is 157 Å². The lowest BCUT2D eigenvalue weighted by Gasteiger charge is -2.21. The number of hydrogen-bond acceptors (Lipinski definition) is 10. The summed E-state index contributed by atoms with van der Waals surface area (Å²) in [6.45, 7) is 33.9. The lowest BCUT2D eigenvalue weighted by molar-refractivity contribution is 0.0953. The molecule has 0 aliphatic rings. The van der Waals surface area contributed by atoms with Crippen molar-refractivity contribution in [2.45, 2.75) is 262 Å². The van der Waals surface area contributed by atoms with Crippen LogP contribution in [0.1, 0.15) is 271 Å². The third-order valence-electron chi connectivity index (χ3n) is 18.6. The highest BCUT2D eigenvalue weighted by Gasteiger charge is 2.25. The van der Waals surface area contributed by atoms with Crippen molar-refractivity contribution in [2.24, 2.45) is 47.3 Å². The van der Waals surface area contributed by atoms with Crippen LogP contribution in [-0.4, -0.2) is 85.6 Å². The molecule has 1 amide bonds. The standard InChI is InChI=1S/C75H133N8O4P/c1-12-13-41-71-82-72-73(69-39-14-15-40-70(69)81-74(72)76)83(71)58-67-42-44-68(45-43-67)75(84)80-54-25-52-78-49-17-16-48-77-50-24-51-79-53-26-57-88(85,86-55-46-65(10)37-22-35-63(8)33-20-31-61(6)29-18-27-59(2)3)87-56-47-66(11)38-23-36-64(9)34-21-32-62(7)30-19-28-60(4)5/h14-15,39-40,42-45,59-66,77-79H,12-13,16-38,41,46-58H2,1-11H3,(H2,76,81)(H,80,84). The van der Waals surface area contributed by atoms with Crippen LogP contribution in [-0.2, 0) is 26.6 Å². The molecular weight excluding hydrogens is 1110 g/mol. The Hall–Kier alpha value is -3.38. The number of unbranched alkanes of at least 4 members (excludes halogenated alkanes) is 2. The van der Waals surface area contributed by atoms with Crippen molar-refractivity contribution in [3.8, 4) is 0 Å². The number of benzene rings is 2. The van der Waals surface area contributed by atoms with Crippen molar-refractivity contribution in [3.05, 3.63) is 65.5 Å². The van der Waals surface area contributed by atoms with Crippen LogP contribution in [0.4, 0.5) is 5.82 Å². The van der Waals surface area contributed by atoms with E-state index in [-0.39, 0.29) is 5.91 Å². The molecule has 0 saturated heterocycles. The fourth-order valence-corrected chi connectivity index (χ4v) is 14.1. The normalized spacial score (nSPS) is 14.9. The number of para-hydroxylation sites is 1. The maximum Gasteiger partial charge on any atom is 0.330 e. The molecule has 0 saturated carbocycles. The minimum atomic E-state index is -3.19. The quantitative estimate of drug-likeness (QED) is 0.0213. The molecule has 0 aliphatic carbocycles. The minimum absolute atomic E-state index is 0.0469. The van der Waals surface area contributed by atoms with Gasteiger partial charge in [-0.15, -0.1) is 0 Å². The average Bonchev–Trinajstić information content (AvgIpc) is 1.99. The molecule has 0 radical (unpaired) electrons. The molecule has 0 bridgehead atoms. The van der Waals surface area contributed by atoms with Crippen molar-refractivity contribution in [1.82, 2.24) is 35.8 Å². The van der Waals surface area contributed by atoms with Gasteiger partial charge in [0.1, 0.15) is 11.3 Å². The number of nitrogens with two attached hydrogens (primary N) is 1. The first kappa shape index (κ1) is 77.1. The second-order valence-corrected chi connectivity index (χ2v) is 30.7. The van der Waals surface area contributed by atoms with Gasteiger partial charge in [0.15, 0.2) is 5.82 Å². The molecule has 6 N–H and O–H groups in total. The van der Waals surface area contributed by atoms with Gasteiger partial charge in [0.05, 0.1) is 30.4 Å². The molecule has 88 heavy (non-hydrogen) atoms. The van der Waals surface area contributed by atoms with Crippen LogP contribution in [0.2, 0.25) is 0 Å². The van der Waals surface area contributed by atoms with Crippen molar-refractivity contribution in [3.63, 3.8) is 0 Å². The Morgan fingerprint density at radius 1 is 0.511 bits per heavy atom. The molecule has 2 aromatic heterocycles. The number of nitrogen functional groups attached to an aromatic ring is 1. The molecule has 0 aliphatic heterocycles. The van der Waals surface area contributed by atoms with Gasteiger partial charge >= 0.3 is 7.60 Å². The smallest absolute Gasteiger partial charge is 0.330 e. The summed E-state index contributed by atoms with van der Waals surface area (Å²) < 4.78 is 29.1. The van der Waals surface area contributed by atoms with Gasteiger partial charge in [-0.05, 0) is 162 Å². The molecule has 6 unspecified atom stereocenters. The molecule has 4 aromatic rings. The van der Waals surface area contributed by atoms with Gasteiger partial charge in [-0.1, -0.05) is 228 Å². The second kappa shape index (κ2) is 45.8. The first-order valence-electron chi connectivity index (χ1n) is 36.4. The molecule has 0 spiro atoms. The van der Waals surface area contributed by atoms with E-state index in [4.69, 9.17) is 19.8 Å².